The Morgan fingerprint density at radius 2 is 0.679 bits per heavy atom. The number of rotatable bonds is 34. The van der Waals surface area contributed by atoms with Crippen LogP contribution in [0.15, 0.2) is 112 Å². The first-order valence-electron chi connectivity index (χ1n) is 25.5. The zero-order valence-corrected chi connectivity index (χ0v) is 45.1. The minimum Gasteiger partial charge on any atom is -0.449 e. The molecule has 4 aromatic rings. The van der Waals surface area contributed by atoms with Crippen molar-refractivity contribution in [2.75, 3.05) is 45.7 Å². The van der Waals surface area contributed by atoms with Crippen LogP contribution in [-0.4, -0.2) is 118 Å². The van der Waals surface area contributed by atoms with Crippen LogP contribution in [0.5, 0.6) is 0 Å². The summed E-state index contributed by atoms with van der Waals surface area (Å²) in [5.41, 5.74) is 4.17. The second kappa shape index (κ2) is 41.9. The number of aliphatic imine (C=N–C) groups is 3. The largest absolute Gasteiger partial charge is 0.449 e. The predicted octanol–water partition coefficient (Wildman–Crippen LogP) is 7.35. The van der Waals surface area contributed by atoms with Crippen LogP contribution in [0.4, 0.5) is 27.5 Å². The lowest BCUT2D eigenvalue weighted by Crippen LogP contribution is -2.20. The van der Waals surface area contributed by atoms with E-state index in [0.717, 1.165) is 0 Å². The summed E-state index contributed by atoms with van der Waals surface area (Å²) in [6.45, 7) is -0.251. The smallest absolute Gasteiger partial charge is 0.411 e. The lowest BCUT2D eigenvalue weighted by molar-refractivity contribution is -0.169. The van der Waals surface area contributed by atoms with Gasteiger partial charge >= 0.3 is 53.8 Å². The van der Waals surface area contributed by atoms with Gasteiger partial charge in [-0.25, -0.2) is 19.2 Å². The summed E-state index contributed by atoms with van der Waals surface area (Å²) in [5.74, 6) is -4.96. The minimum absolute atomic E-state index is 0. The topological polar surface area (TPSA) is 357 Å². The lowest BCUT2D eigenvalue weighted by atomic mass is 10.1. The fourth-order valence-corrected chi connectivity index (χ4v) is 6.46. The molecule has 1 unspecified atom stereocenters. The van der Waals surface area contributed by atoms with Crippen molar-refractivity contribution in [1.82, 2.24) is 0 Å². The molecule has 1 amide bonds. The molecule has 448 valence electrons. The normalized spacial score (nSPS) is 10.3. The van der Waals surface area contributed by atoms with Gasteiger partial charge in [0.2, 0.25) is 45.4 Å². The summed E-state index contributed by atoms with van der Waals surface area (Å²) >= 11 is 0. The number of anilines is 1. The van der Waals surface area contributed by atoms with Gasteiger partial charge in [0.25, 0.3) is 0 Å². The highest BCUT2D eigenvalue weighted by Gasteiger charge is 2.14. The van der Waals surface area contributed by atoms with Gasteiger partial charge in [-0.15, -0.1) is 0 Å². The summed E-state index contributed by atoms with van der Waals surface area (Å²) in [7, 11) is 0. The Morgan fingerprint density at radius 1 is 0.417 bits per heavy atom. The Kier molecular flexibility index (Phi) is 35.0. The first-order chi connectivity index (χ1) is 40.1. The Hall–Kier alpha value is -9.99. The van der Waals surface area contributed by atoms with Crippen LogP contribution in [0.1, 0.15) is 94.4 Å². The maximum absolute atomic E-state index is 12.0. The molecular formula is C58H64N4O22. The van der Waals surface area contributed by atoms with Crippen LogP contribution >= 0.6 is 0 Å². The van der Waals surface area contributed by atoms with Gasteiger partial charge in [-0.2, -0.15) is 15.0 Å². The molecular weight excluding hydrogens is 1100 g/mol. The number of carbonyl (C=O) groups excluding carboxylic acids is 12. The number of amides is 1. The molecule has 0 aliphatic carbocycles. The van der Waals surface area contributed by atoms with Crippen molar-refractivity contribution in [1.29, 1.82) is 0 Å². The zero-order valence-electron chi connectivity index (χ0n) is 45.1. The fraction of sp³-hybridized carbons (Fsp3) is 0.379. The molecule has 0 fully saturated rings. The molecule has 4 rings (SSSR count). The summed E-state index contributed by atoms with van der Waals surface area (Å²) in [4.78, 5) is 147. The van der Waals surface area contributed by atoms with Gasteiger partial charge in [-0.3, -0.25) is 43.7 Å². The number of unbranched alkanes of at least 4 members (excludes halogenated alkanes) is 2. The van der Waals surface area contributed by atoms with E-state index < -0.39 is 81.0 Å². The maximum atomic E-state index is 12.0. The van der Waals surface area contributed by atoms with Crippen molar-refractivity contribution in [3.8, 4) is 0 Å². The molecule has 84 heavy (non-hydrogen) atoms. The van der Waals surface area contributed by atoms with Crippen molar-refractivity contribution in [3.05, 3.63) is 119 Å². The van der Waals surface area contributed by atoms with Crippen molar-refractivity contribution >= 4 is 94.8 Å². The SMILES string of the molecule is C.CCC(CO)COC(=O)Nc1ccc(CC(=O)OCOC(=O)CCCCC(=O)OCOC(=O)Cc2ccc(N=C=O)cc2)cc1.O=C=Nc1ccc(CC(=O)OCOC(=O)CCCCC(=O)OCOC(=O)Cc2ccc(N=C=O)cc2)cc1. The molecule has 4 aromatic carbocycles. The average molecular weight is 1170 g/mol. The minimum atomic E-state index is -0.654. The number of ether oxygens (including phenoxy) is 9. The third-order valence-electron chi connectivity index (χ3n) is 11.0. The van der Waals surface area contributed by atoms with Crippen molar-refractivity contribution in [2.24, 2.45) is 20.9 Å². The van der Waals surface area contributed by atoms with Gasteiger partial charge in [0.15, 0.2) is 0 Å². The Morgan fingerprint density at radius 3 is 0.929 bits per heavy atom. The molecule has 0 saturated heterocycles. The number of aliphatic hydroxyl groups is 1. The highest BCUT2D eigenvalue weighted by Crippen LogP contribution is 2.17. The van der Waals surface area contributed by atoms with E-state index in [4.69, 9.17) is 47.7 Å². The van der Waals surface area contributed by atoms with Crippen LogP contribution < -0.4 is 5.32 Å². The first-order valence-corrected chi connectivity index (χ1v) is 25.5. The molecule has 26 heteroatoms. The van der Waals surface area contributed by atoms with Gasteiger partial charge in [0, 0.05) is 43.9 Å². The zero-order chi connectivity index (χ0) is 60.5. The highest BCUT2D eigenvalue weighted by molar-refractivity contribution is 5.85. The van der Waals surface area contributed by atoms with Crippen LogP contribution in [0.3, 0.4) is 0 Å². The summed E-state index contributed by atoms with van der Waals surface area (Å²) < 4.78 is 44.0. The molecule has 26 nitrogen and oxygen atoms in total. The number of hydrogen-bond donors (Lipinski definition) is 2. The van der Waals surface area contributed by atoms with Crippen molar-refractivity contribution in [2.45, 2.75) is 97.8 Å². The van der Waals surface area contributed by atoms with Crippen LogP contribution in [0, 0.1) is 5.92 Å². The molecule has 0 aliphatic rings. The number of esters is 8. The molecule has 0 radical (unpaired) electrons. The van der Waals surface area contributed by atoms with E-state index in [9.17, 15) is 57.5 Å². The van der Waals surface area contributed by atoms with Gasteiger partial charge < -0.3 is 47.7 Å². The van der Waals surface area contributed by atoms with E-state index in [0.29, 0.717) is 77.1 Å². The van der Waals surface area contributed by atoms with Gasteiger partial charge in [-0.1, -0.05) is 62.9 Å². The summed E-state index contributed by atoms with van der Waals surface area (Å²) in [6, 6.07) is 25.3. The quantitative estimate of drug-likeness (QED) is 0.0115. The molecule has 0 saturated carbocycles. The standard InChI is InChI=1S/C31H36N2O12.C26H24N2O10.CH4/c1-2-22(17-34)18-41-31(40)33-26-13-9-24(10-14-26)16-30(39)45-21-43-28(37)6-4-3-5-27(36)42-20-44-29(38)15-23-7-11-25(12-8-23)32-19-35;29-15-27-21-9-5-19(6-10-21)13-25(33)37-17-35-23(31)3-1-2-4-24(32)36-18-38-26(34)14-20-7-11-22(12-8-20)28-16-30;/h7-14,22,34H,2-6,15-18,20-21H2,1H3,(H,33,40);5-12H,1-4,13-14,17-18H2;1H4. The Bertz CT molecular complexity index is 2800. The number of benzene rings is 4. The molecule has 0 heterocycles. The number of hydrogen-bond acceptors (Lipinski definition) is 25. The number of nitrogens with one attached hydrogen (secondary N) is 1. The number of aliphatic hydroxyl groups excluding tert-OH is 1. The Balaban J connectivity index is 0.000000574. The molecule has 2 N–H and O–H groups in total. The third kappa shape index (κ3) is 32.3. The molecule has 1 atom stereocenters. The number of carbonyl (C=O) groups is 9. The van der Waals surface area contributed by atoms with Crippen molar-refractivity contribution in [3.63, 3.8) is 0 Å². The van der Waals surface area contributed by atoms with Crippen molar-refractivity contribution < 1.29 is 105 Å². The second-order valence-corrected chi connectivity index (χ2v) is 17.2. The van der Waals surface area contributed by atoms with Gasteiger partial charge in [0.05, 0.1) is 49.4 Å². The first kappa shape index (κ1) is 70.1. The number of nitrogens with zero attached hydrogens (tertiary/aromatic N) is 3. The van der Waals surface area contributed by atoms with Crippen LogP contribution in [-0.2, 0) is 121 Å². The summed E-state index contributed by atoms with van der Waals surface area (Å²) in [5, 5.41) is 11.7. The van der Waals surface area contributed by atoms with E-state index in [2.05, 4.69) is 20.3 Å². The van der Waals surface area contributed by atoms with Gasteiger partial charge in [0.1, 0.15) is 0 Å². The predicted molar refractivity (Wildman–Crippen MR) is 292 cm³/mol. The van der Waals surface area contributed by atoms with Crippen LogP contribution in [0.2, 0.25) is 0 Å². The molecule has 0 aromatic heterocycles. The molecule has 0 bridgehead atoms. The fourth-order valence-electron chi connectivity index (χ4n) is 6.46. The average Bonchev–Trinajstić information content (AvgIpc) is 3.58. The van der Waals surface area contributed by atoms with Crippen LogP contribution in [0.25, 0.3) is 0 Å². The maximum Gasteiger partial charge on any atom is 0.411 e. The van der Waals surface area contributed by atoms with E-state index >= 15 is 0 Å². The van der Waals surface area contributed by atoms with E-state index in [-0.39, 0.29) is 77.9 Å². The second-order valence-electron chi connectivity index (χ2n) is 17.2. The van der Waals surface area contributed by atoms with E-state index in [1.54, 1.807) is 97.1 Å². The highest BCUT2D eigenvalue weighted by atomic mass is 16.7. The molecule has 0 spiro atoms. The summed E-state index contributed by atoms with van der Waals surface area (Å²) in [6.07, 6.45) is 5.35. The van der Waals surface area contributed by atoms with E-state index in [1.807, 2.05) is 6.92 Å². The third-order valence-corrected chi connectivity index (χ3v) is 11.0. The lowest BCUT2D eigenvalue weighted by Gasteiger charge is -2.12. The monoisotopic (exact) mass is 1170 g/mol. The number of isocyanates is 3. The molecule has 0 aliphatic heterocycles. The van der Waals surface area contributed by atoms with E-state index in [1.165, 1.54) is 18.2 Å². The van der Waals surface area contributed by atoms with Gasteiger partial charge in [-0.05, 0) is 103 Å². The Labute approximate surface area is 482 Å².